The fraction of sp³-hybridized carbons (Fsp3) is 0.529. The molecule has 0 aliphatic rings. The second kappa shape index (κ2) is 6.21. The highest BCUT2D eigenvalue weighted by molar-refractivity contribution is 5.79. The average molecular weight is 272 g/mol. The molecule has 20 heavy (non-hydrogen) atoms. The lowest BCUT2D eigenvalue weighted by atomic mass is 10.0. The summed E-state index contributed by atoms with van der Waals surface area (Å²) < 4.78 is 0. The molecule has 0 aliphatic carbocycles. The molecule has 0 fully saturated rings. The molecule has 2 aromatic heterocycles. The molecule has 2 heterocycles. The minimum absolute atomic E-state index is 0.165. The fourth-order valence-corrected chi connectivity index (χ4v) is 2.82. The number of hydrogen-bond acceptors (Lipinski definition) is 2. The normalized spacial score (nSPS) is 11.2. The lowest BCUT2D eigenvalue weighted by molar-refractivity contribution is 0.663. The highest BCUT2D eigenvalue weighted by Crippen LogP contribution is 2.16. The number of fused-ring (bicyclic) bond motifs is 1. The van der Waals surface area contributed by atoms with Gasteiger partial charge < -0.3 is 4.98 Å². The molecule has 2 rings (SSSR count). The van der Waals surface area contributed by atoms with Gasteiger partial charge in [0.2, 0.25) is 0 Å². The van der Waals surface area contributed by atoms with Crippen LogP contribution in [0.15, 0.2) is 10.9 Å². The summed E-state index contributed by atoms with van der Waals surface area (Å²) in [6.07, 6.45) is 5.60. The van der Waals surface area contributed by atoms with Gasteiger partial charge in [-0.3, -0.25) is 4.79 Å². The van der Waals surface area contributed by atoms with Crippen molar-refractivity contribution < 1.29 is 0 Å². The van der Waals surface area contributed by atoms with Crippen LogP contribution in [0.2, 0.25) is 0 Å². The number of pyridine rings is 2. The number of aryl methyl sites for hydroxylation is 3. The molecule has 108 valence electrons. The van der Waals surface area contributed by atoms with Crippen molar-refractivity contribution >= 4 is 11.0 Å². The molecule has 0 saturated carbocycles. The van der Waals surface area contributed by atoms with E-state index in [1.54, 1.807) is 0 Å². The third kappa shape index (κ3) is 2.92. The maximum Gasteiger partial charge on any atom is 0.194 e. The molecule has 2 aromatic rings. The molecule has 0 aromatic carbocycles. The number of nitrogens with one attached hydrogen (secondary N) is 1. The minimum Gasteiger partial charge on any atom is -0.343 e. The predicted octanol–water partition coefficient (Wildman–Crippen LogP) is 3.97. The summed E-state index contributed by atoms with van der Waals surface area (Å²) in [6, 6.07) is 1.98. The van der Waals surface area contributed by atoms with E-state index in [0.717, 1.165) is 46.4 Å². The molecular weight excluding hydrogens is 248 g/mol. The molecular formula is C17H24N2O. The highest BCUT2D eigenvalue weighted by Gasteiger charge is 2.12. The van der Waals surface area contributed by atoms with Crippen molar-refractivity contribution in [3.8, 4) is 0 Å². The Hall–Kier alpha value is -1.64. The third-order valence-electron chi connectivity index (χ3n) is 3.88. The molecule has 0 saturated heterocycles. The smallest absolute Gasteiger partial charge is 0.194 e. The number of H-pyrrole nitrogens is 1. The van der Waals surface area contributed by atoms with E-state index in [1.807, 2.05) is 26.8 Å². The van der Waals surface area contributed by atoms with Gasteiger partial charge in [-0.2, -0.15) is 0 Å². The Balaban J connectivity index is 2.44. The van der Waals surface area contributed by atoms with E-state index < -0.39 is 0 Å². The van der Waals surface area contributed by atoms with Crippen LogP contribution in [-0.2, 0) is 6.42 Å². The van der Waals surface area contributed by atoms with Crippen LogP contribution in [-0.4, -0.2) is 9.97 Å². The van der Waals surface area contributed by atoms with E-state index in [9.17, 15) is 4.79 Å². The van der Waals surface area contributed by atoms with E-state index in [4.69, 9.17) is 0 Å². The standard InChI is InChI=1S/C17H24N2O/c1-5-6-7-8-9-14-13(4)19-17-15(16(14)20)11(2)10-12(3)18-17/h10H,5-9H2,1-4H3,(H,18,19,20). The molecule has 0 aliphatic heterocycles. The first kappa shape index (κ1) is 14.8. The maximum atomic E-state index is 12.7. The topological polar surface area (TPSA) is 45.8 Å². The Morgan fingerprint density at radius 3 is 2.60 bits per heavy atom. The van der Waals surface area contributed by atoms with Crippen LogP contribution in [0.1, 0.15) is 55.1 Å². The second-order valence-electron chi connectivity index (χ2n) is 5.67. The summed E-state index contributed by atoms with van der Waals surface area (Å²) in [6.45, 7) is 8.13. The largest absolute Gasteiger partial charge is 0.343 e. The first-order chi connectivity index (χ1) is 9.54. The monoisotopic (exact) mass is 272 g/mol. The SMILES string of the molecule is CCCCCCc1c(C)[nH]c2nc(C)cc(C)c2c1=O. The average Bonchev–Trinajstić information content (AvgIpc) is 2.36. The van der Waals surface area contributed by atoms with Crippen LogP contribution < -0.4 is 5.43 Å². The van der Waals surface area contributed by atoms with Gasteiger partial charge in [0.15, 0.2) is 5.43 Å². The van der Waals surface area contributed by atoms with Gasteiger partial charge in [0.05, 0.1) is 5.39 Å². The number of hydrogen-bond donors (Lipinski definition) is 1. The molecule has 0 amide bonds. The third-order valence-corrected chi connectivity index (χ3v) is 3.88. The zero-order chi connectivity index (χ0) is 14.7. The van der Waals surface area contributed by atoms with E-state index in [1.165, 1.54) is 19.3 Å². The van der Waals surface area contributed by atoms with Gasteiger partial charge in [-0.25, -0.2) is 4.98 Å². The Bertz CT molecular complexity index is 671. The fourth-order valence-electron chi connectivity index (χ4n) is 2.82. The molecule has 0 spiro atoms. The van der Waals surface area contributed by atoms with Gasteiger partial charge >= 0.3 is 0 Å². The minimum atomic E-state index is 0.165. The molecule has 0 unspecified atom stereocenters. The molecule has 1 N–H and O–H groups in total. The first-order valence-corrected chi connectivity index (χ1v) is 7.54. The quantitative estimate of drug-likeness (QED) is 0.837. The van der Waals surface area contributed by atoms with Crippen molar-refractivity contribution in [3.05, 3.63) is 38.8 Å². The number of unbranched alkanes of at least 4 members (excludes halogenated alkanes) is 3. The second-order valence-corrected chi connectivity index (χ2v) is 5.67. The van der Waals surface area contributed by atoms with E-state index in [-0.39, 0.29) is 5.43 Å². The molecule has 0 bridgehead atoms. The van der Waals surface area contributed by atoms with Crippen molar-refractivity contribution in [1.82, 2.24) is 9.97 Å². The van der Waals surface area contributed by atoms with Crippen molar-refractivity contribution in [2.75, 3.05) is 0 Å². The van der Waals surface area contributed by atoms with E-state index in [0.29, 0.717) is 0 Å². The van der Waals surface area contributed by atoms with Crippen LogP contribution in [0, 0.1) is 20.8 Å². The van der Waals surface area contributed by atoms with Crippen LogP contribution in [0.4, 0.5) is 0 Å². The molecule has 0 radical (unpaired) electrons. The van der Waals surface area contributed by atoms with Crippen LogP contribution >= 0.6 is 0 Å². The number of nitrogens with zero attached hydrogens (tertiary/aromatic N) is 1. The molecule has 3 heteroatoms. The Morgan fingerprint density at radius 1 is 1.15 bits per heavy atom. The van der Waals surface area contributed by atoms with Crippen molar-refractivity contribution in [1.29, 1.82) is 0 Å². The summed E-state index contributed by atoms with van der Waals surface area (Å²) in [7, 11) is 0. The number of rotatable bonds is 5. The molecule has 3 nitrogen and oxygen atoms in total. The van der Waals surface area contributed by atoms with Gasteiger partial charge in [-0.1, -0.05) is 26.2 Å². The van der Waals surface area contributed by atoms with Crippen LogP contribution in [0.3, 0.4) is 0 Å². The van der Waals surface area contributed by atoms with E-state index in [2.05, 4.69) is 16.9 Å². The predicted molar refractivity (Wildman–Crippen MR) is 84.4 cm³/mol. The van der Waals surface area contributed by atoms with E-state index >= 15 is 0 Å². The zero-order valence-corrected chi connectivity index (χ0v) is 13.0. The van der Waals surface area contributed by atoms with Gasteiger partial charge in [0.1, 0.15) is 5.65 Å². The number of aromatic amines is 1. The summed E-state index contributed by atoms with van der Waals surface area (Å²) in [5, 5.41) is 0.756. The first-order valence-electron chi connectivity index (χ1n) is 7.54. The van der Waals surface area contributed by atoms with Crippen molar-refractivity contribution in [2.45, 2.75) is 59.8 Å². The van der Waals surface area contributed by atoms with Crippen LogP contribution in [0.5, 0.6) is 0 Å². The Labute approximate surface area is 120 Å². The summed E-state index contributed by atoms with van der Waals surface area (Å²) in [4.78, 5) is 20.4. The summed E-state index contributed by atoms with van der Waals surface area (Å²) in [5.74, 6) is 0. The number of aromatic nitrogens is 2. The van der Waals surface area contributed by atoms with Gasteiger partial charge in [-0.15, -0.1) is 0 Å². The van der Waals surface area contributed by atoms with Crippen molar-refractivity contribution in [3.63, 3.8) is 0 Å². The highest BCUT2D eigenvalue weighted by atomic mass is 16.1. The maximum absolute atomic E-state index is 12.7. The van der Waals surface area contributed by atoms with Crippen molar-refractivity contribution in [2.24, 2.45) is 0 Å². The van der Waals surface area contributed by atoms with Gasteiger partial charge in [0.25, 0.3) is 0 Å². The molecule has 0 atom stereocenters. The van der Waals surface area contributed by atoms with Crippen LogP contribution in [0.25, 0.3) is 11.0 Å². The summed E-state index contributed by atoms with van der Waals surface area (Å²) >= 11 is 0. The van der Waals surface area contributed by atoms with Gasteiger partial charge in [-0.05, 0) is 45.2 Å². The summed E-state index contributed by atoms with van der Waals surface area (Å²) in [5.41, 5.74) is 4.75. The Morgan fingerprint density at radius 2 is 1.90 bits per heavy atom. The lowest BCUT2D eigenvalue weighted by Crippen LogP contribution is -2.15. The van der Waals surface area contributed by atoms with Gasteiger partial charge in [0, 0.05) is 17.0 Å². The zero-order valence-electron chi connectivity index (χ0n) is 13.0. The Kier molecular flexibility index (Phi) is 4.58. The lowest BCUT2D eigenvalue weighted by Gasteiger charge is -2.10.